The largest absolute Gasteiger partial charge is 0.493 e. The Bertz CT molecular complexity index is 840. The minimum absolute atomic E-state index is 0. The maximum absolute atomic E-state index is 5.99. The van der Waals surface area contributed by atoms with Gasteiger partial charge in [-0.2, -0.15) is 0 Å². The van der Waals surface area contributed by atoms with Crippen LogP contribution in [0.2, 0.25) is 0 Å². The molecule has 2 aromatic carbocycles. The van der Waals surface area contributed by atoms with Crippen molar-refractivity contribution in [3.05, 3.63) is 59.2 Å². The highest BCUT2D eigenvalue weighted by atomic mass is 127. The van der Waals surface area contributed by atoms with E-state index < -0.39 is 0 Å². The Morgan fingerprint density at radius 3 is 2.12 bits per heavy atom. The van der Waals surface area contributed by atoms with Crippen LogP contribution in [-0.4, -0.2) is 46.5 Å². The molecule has 0 spiro atoms. The number of nitrogens with zero attached hydrogens (tertiary/aromatic N) is 1. The number of benzene rings is 2. The van der Waals surface area contributed by atoms with Gasteiger partial charge in [0, 0.05) is 33.4 Å². The van der Waals surface area contributed by atoms with Gasteiger partial charge in [0.2, 0.25) is 0 Å². The third-order valence-corrected chi connectivity index (χ3v) is 5.27. The Balaban J connectivity index is 0.00000363. The van der Waals surface area contributed by atoms with Crippen LogP contribution in [0.25, 0.3) is 0 Å². The first-order valence-electron chi connectivity index (χ1n) is 10.6. The van der Waals surface area contributed by atoms with Crippen LogP contribution in [0.3, 0.4) is 0 Å². The topological polar surface area (TPSA) is 73.3 Å². The molecule has 0 radical (unpaired) electrons. The van der Waals surface area contributed by atoms with Crippen molar-refractivity contribution in [3.63, 3.8) is 0 Å². The summed E-state index contributed by atoms with van der Waals surface area (Å²) in [6, 6.07) is 14.4. The summed E-state index contributed by atoms with van der Waals surface area (Å²) in [6.07, 6.45) is 2.28. The minimum atomic E-state index is 0. The van der Waals surface area contributed by atoms with Crippen LogP contribution in [-0.2, 0) is 29.2 Å². The normalized spacial score (nSPS) is 14.4. The molecule has 0 bridgehead atoms. The van der Waals surface area contributed by atoms with Crippen molar-refractivity contribution >= 4 is 29.9 Å². The predicted molar refractivity (Wildman–Crippen MR) is 137 cm³/mol. The van der Waals surface area contributed by atoms with Crippen molar-refractivity contribution in [1.82, 2.24) is 10.6 Å². The molecule has 1 fully saturated rings. The maximum atomic E-state index is 5.99. The van der Waals surface area contributed by atoms with Crippen LogP contribution in [0, 0.1) is 0 Å². The lowest BCUT2D eigenvalue weighted by molar-refractivity contribution is -0.0390. The van der Waals surface area contributed by atoms with Crippen molar-refractivity contribution in [2.45, 2.75) is 38.6 Å². The monoisotopic (exact) mass is 555 g/mol. The first kappa shape index (κ1) is 26.2. The zero-order valence-electron chi connectivity index (χ0n) is 19.1. The minimum Gasteiger partial charge on any atom is -0.493 e. The molecule has 1 aliphatic rings. The lowest BCUT2D eigenvalue weighted by Crippen LogP contribution is -2.36. The van der Waals surface area contributed by atoms with Gasteiger partial charge in [-0.1, -0.05) is 30.3 Å². The van der Waals surface area contributed by atoms with Gasteiger partial charge in [-0.25, -0.2) is 0 Å². The first-order valence-corrected chi connectivity index (χ1v) is 10.6. The molecule has 0 atom stereocenters. The van der Waals surface area contributed by atoms with Gasteiger partial charge in [-0.3, -0.25) is 4.99 Å². The summed E-state index contributed by atoms with van der Waals surface area (Å²) in [5.41, 5.74) is 3.45. The van der Waals surface area contributed by atoms with Crippen molar-refractivity contribution in [1.29, 1.82) is 0 Å². The summed E-state index contributed by atoms with van der Waals surface area (Å²) in [4.78, 5) is 4.30. The maximum Gasteiger partial charge on any atom is 0.191 e. The lowest BCUT2D eigenvalue weighted by Gasteiger charge is -2.22. The average molecular weight is 555 g/mol. The average Bonchev–Trinajstić information content (AvgIpc) is 2.84. The second kappa shape index (κ2) is 14.2. The Hall–Kier alpha value is -2.04. The quantitative estimate of drug-likeness (QED) is 0.278. The summed E-state index contributed by atoms with van der Waals surface area (Å²) < 4.78 is 22.0. The number of aliphatic imine (C=N–C) groups is 1. The number of ether oxygens (including phenoxy) is 4. The number of hydrogen-bond donors (Lipinski definition) is 2. The van der Waals surface area contributed by atoms with E-state index in [1.54, 1.807) is 21.3 Å². The zero-order valence-corrected chi connectivity index (χ0v) is 21.4. The van der Waals surface area contributed by atoms with Gasteiger partial charge in [0.25, 0.3) is 0 Å². The Morgan fingerprint density at radius 1 is 0.906 bits per heavy atom. The summed E-state index contributed by atoms with van der Waals surface area (Å²) in [5.74, 6) is 2.17. The molecule has 7 nitrogen and oxygen atoms in total. The molecule has 32 heavy (non-hydrogen) atoms. The van der Waals surface area contributed by atoms with Gasteiger partial charge in [0.15, 0.2) is 17.5 Å². The van der Waals surface area contributed by atoms with E-state index in [-0.39, 0.29) is 24.0 Å². The van der Waals surface area contributed by atoms with Gasteiger partial charge in [-0.05, 0) is 41.7 Å². The third-order valence-electron chi connectivity index (χ3n) is 5.27. The summed E-state index contributed by atoms with van der Waals surface area (Å²) >= 11 is 0. The SMILES string of the molecule is CN=C(NCc1ccc(COC2CCOCC2)cc1)NCc1ccc(OC)c(OC)c1.I. The zero-order chi connectivity index (χ0) is 21.9. The smallest absolute Gasteiger partial charge is 0.191 e. The van der Waals surface area contributed by atoms with Crippen LogP contribution >= 0.6 is 24.0 Å². The van der Waals surface area contributed by atoms with E-state index in [9.17, 15) is 0 Å². The van der Waals surface area contributed by atoms with Gasteiger partial charge in [-0.15, -0.1) is 24.0 Å². The van der Waals surface area contributed by atoms with Gasteiger partial charge in [0.05, 0.1) is 26.9 Å². The molecular formula is C24H34IN3O4. The first-order chi connectivity index (χ1) is 15.2. The fourth-order valence-electron chi connectivity index (χ4n) is 3.39. The highest BCUT2D eigenvalue weighted by molar-refractivity contribution is 14.0. The molecule has 1 heterocycles. The van der Waals surface area contributed by atoms with E-state index in [2.05, 4.69) is 39.9 Å². The lowest BCUT2D eigenvalue weighted by atomic mass is 10.1. The predicted octanol–water partition coefficient (Wildman–Crippen LogP) is 3.88. The number of guanidine groups is 1. The molecule has 1 saturated heterocycles. The Kier molecular flexibility index (Phi) is 11.6. The van der Waals surface area contributed by atoms with Crippen LogP contribution in [0.4, 0.5) is 0 Å². The molecule has 2 aromatic rings. The van der Waals surface area contributed by atoms with E-state index in [0.29, 0.717) is 31.5 Å². The van der Waals surface area contributed by atoms with Crippen LogP contribution < -0.4 is 20.1 Å². The second-order valence-corrected chi connectivity index (χ2v) is 7.41. The molecular weight excluding hydrogens is 521 g/mol. The van der Waals surface area contributed by atoms with E-state index >= 15 is 0 Å². The fourth-order valence-corrected chi connectivity index (χ4v) is 3.39. The highest BCUT2D eigenvalue weighted by Gasteiger charge is 2.14. The second-order valence-electron chi connectivity index (χ2n) is 7.41. The molecule has 8 heteroatoms. The molecule has 0 unspecified atom stereocenters. The van der Waals surface area contributed by atoms with Crippen molar-refractivity contribution in [3.8, 4) is 11.5 Å². The summed E-state index contributed by atoms with van der Waals surface area (Å²) in [6.45, 7) is 3.56. The van der Waals surface area contributed by atoms with Gasteiger partial charge >= 0.3 is 0 Å². The molecule has 3 rings (SSSR count). The molecule has 2 N–H and O–H groups in total. The number of rotatable bonds is 9. The number of methoxy groups -OCH3 is 2. The molecule has 0 aromatic heterocycles. The summed E-state index contributed by atoms with van der Waals surface area (Å²) in [5, 5.41) is 6.67. The van der Waals surface area contributed by atoms with Crippen LogP contribution in [0.15, 0.2) is 47.5 Å². The Labute approximate surface area is 207 Å². The van der Waals surface area contributed by atoms with Gasteiger partial charge < -0.3 is 29.6 Å². The standard InChI is InChI=1S/C24H33N3O4.HI/c1-25-24(27-16-20-8-9-22(28-2)23(14-20)29-3)26-15-18-4-6-19(7-5-18)17-31-21-10-12-30-13-11-21;/h4-9,14,21H,10-13,15-17H2,1-3H3,(H2,25,26,27);1H. The van der Waals surface area contributed by atoms with Gasteiger partial charge in [0.1, 0.15) is 0 Å². The van der Waals surface area contributed by atoms with E-state index in [1.807, 2.05) is 18.2 Å². The van der Waals surface area contributed by atoms with E-state index in [0.717, 1.165) is 43.3 Å². The van der Waals surface area contributed by atoms with Crippen molar-refractivity contribution in [2.24, 2.45) is 4.99 Å². The van der Waals surface area contributed by atoms with E-state index in [4.69, 9.17) is 18.9 Å². The molecule has 1 aliphatic heterocycles. The fraction of sp³-hybridized carbons (Fsp3) is 0.458. The molecule has 0 aliphatic carbocycles. The number of nitrogens with one attached hydrogen (secondary N) is 2. The highest BCUT2D eigenvalue weighted by Crippen LogP contribution is 2.27. The van der Waals surface area contributed by atoms with Crippen molar-refractivity contribution < 1.29 is 18.9 Å². The van der Waals surface area contributed by atoms with Crippen LogP contribution in [0.1, 0.15) is 29.5 Å². The van der Waals surface area contributed by atoms with Crippen molar-refractivity contribution in [2.75, 3.05) is 34.5 Å². The van der Waals surface area contributed by atoms with E-state index in [1.165, 1.54) is 11.1 Å². The molecule has 176 valence electrons. The summed E-state index contributed by atoms with van der Waals surface area (Å²) in [7, 11) is 5.03. The Morgan fingerprint density at radius 2 is 1.50 bits per heavy atom. The molecule has 0 saturated carbocycles. The van der Waals surface area contributed by atoms with Crippen LogP contribution in [0.5, 0.6) is 11.5 Å². The third kappa shape index (κ3) is 8.14. The number of halogens is 1. The molecule has 0 amide bonds. The number of hydrogen-bond acceptors (Lipinski definition) is 5.